The van der Waals surface area contributed by atoms with E-state index in [2.05, 4.69) is 6.07 Å². The molecule has 0 saturated heterocycles. The zero-order valence-electron chi connectivity index (χ0n) is 6.29. The minimum atomic E-state index is 0.0941. The lowest BCUT2D eigenvalue weighted by Crippen LogP contribution is -1.92. The van der Waals surface area contributed by atoms with Gasteiger partial charge in [0.05, 0.1) is 0 Å². The van der Waals surface area contributed by atoms with E-state index in [0.29, 0.717) is 5.75 Å². The maximum Gasteiger partial charge on any atom is 0.174 e. The Morgan fingerprint density at radius 1 is 1.64 bits per heavy atom. The van der Waals surface area contributed by atoms with Crippen LogP contribution in [-0.2, 0) is 0 Å². The quantitative estimate of drug-likeness (QED) is 0.636. The van der Waals surface area contributed by atoms with Gasteiger partial charge < -0.3 is 4.74 Å². The fourth-order valence-electron chi connectivity index (χ4n) is 0.694. The fraction of sp³-hybridized carbons (Fsp3) is 0.222. The molecule has 1 radical (unpaired) electrons. The Labute approximate surface area is 66.0 Å². The molecule has 0 unspecified atom stereocenters. The second-order valence-corrected chi connectivity index (χ2v) is 2.15. The van der Waals surface area contributed by atoms with Crippen molar-refractivity contribution in [2.45, 2.75) is 6.92 Å². The highest BCUT2D eigenvalue weighted by atomic mass is 16.5. The van der Waals surface area contributed by atoms with Gasteiger partial charge in [-0.3, -0.25) is 0 Å². The molecule has 1 aromatic rings. The molecule has 0 saturated carbocycles. The van der Waals surface area contributed by atoms with E-state index in [9.17, 15) is 0 Å². The third kappa shape index (κ3) is 2.30. The van der Waals surface area contributed by atoms with Crippen molar-refractivity contribution in [3.05, 3.63) is 29.8 Å². The smallest absolute Gasteiger partial charge is 0.174 e. The van der Waals surface area contributed by atoms with E-state index in [1.54, 1.807) is 6.07 Å². The van der Waals surface area contributed by atoms with Gasteiger partial charge in [-0.15, -0.1) is 0 Å². The average Bonchev–Trinajstić information content (AvgIpc) is 2.04. The zero-order valence-corrected chi connectivity index (χ0v) is 6.29. The Morgan fingerprint density at radius 2 is 2.45 bits per heavy atom. The van der Waals surface area contributed by atoms with Crippen molar-refractivity contribution in [2.24, 2.45) is 0 Å². The lowest BCUT2D eigenvalue weighted by molar-refractivity contribution is 0.368. The standard InChI is InChI=1S/C9H8NO/c1-8-2-4-9(5-3-8)11-7-6-10/h2,4-5H,7H2,1H3. The summed E-state index contributed by atoms with van der Waals surface area (Å²) in [5.74, 6) is 0.692. The van der Waals surface area contributed by atoms with Crippen LogP contribution in [0.5, 0.6) is 5.75 Å². The highest BCUT2D eigenvalue weighted by Crippen LogP contribution is 2.09. The van der Waals surface area contributed by atoms with Gasteiger partial charge in [0.2, 0.25) is 0 Å². The van der Waals surface area contributed by atoms with Crippen LogP contribution in [0.1, 0.15) is 5.56 Å². The summed E-state index contributed by atoms with van der Waals surface area (Å²) in [6.07, 6.45) is 0. The monoisotopic (exact) mass is 146 g/mol. The maximum atomic E-state index is 8.20. The van der Waals surface area contributed by atoms with Crippen molar-refractivity contribution in [3.63, 3.8) is 0 Å². The molecule has 0 aromatic heterocycles. The number of nitriles is 1. The van der Waals surface area contributed by atoms with Crippen LogP contribution in [0.15, 0.2) is 18.2 Å². The van der Waals surface area contributed by atoms with E-state index >= 15 is 0 Å². The third-order valence-corrected chi connectivity index (χ3v) is 1.24. The van der Waals surface area contributed by atoms with E-state index in [0.717, 1.165) is 5.56 Å². The van der Waals surface area contributed by atoms with Crippen LogP contribution < -0.4 is 4.74 Å². The van der Waals surface area contributed by atoms with Crippen LogP contribution in [0.3, 0.4) is 0 Å². The second kappa shape index (κ2) is 3.62. The van der Waals surface area contributed by atoms with E-state index < -0.39 is 0 Å². The van der Waals surface area contributed by atoms with Gasteiger partial charge in [-0.05, 0) is 30.7 Å². The number of aryl methyl sites for hydroxylation is 1. The first-order chi connectivity index (χ1) is 5.33. The SMILES string of the molecule is Cc1[c]cc(OCC#N)cc1. The first-order valence-electron chi connectivity index (χ1n) is 3.31. The molecule has 0 bridgehead atoms. The molecule has 0 aliphatic heterocycles. The van der Waals surface area contributed by atoms with Crippen LogP contribution in [0, 0.1) is 24.3 Å². The van der Waals surface area contributed by atoms with E-state index in [-0.39, 0.29) is 6.61 Å². The lowest BCUT2D eigenvalue weighted by atomic mass is 10.2. The Kier molecular flexibility index (Phi) is 2.51. The molecular formula is C9H8NO. The van der Waals surface area contributed by atoms with Crippen LogP contribution in [0.25, 0.3) is 0 Å². The molecule has 11 heavy (non-hydrogen) atoms. The number of ether oxygens (including phenoxy) is 1. The molecule has 0 aliphatic carbocycles. The molecule has 0 amide bonds. The minimum Gasteiger partial charge on any atom is -0.479 e. The van der Waals surface area contributed by atoms with Crippen molar-refractivity contribution in [2.75, 3.05) is 6.61 Å². The van der Waals surface area contributed by atoms with Crippen molar-refractivity contribution in [1.29, 1.82) is 5.26 Å². The number of rotatable bonds is 2. The van der Waals surface area contributed by atoms with Crippen molar-refractivity contribution >= 4 is 0 Å². The van der Waals surface area contributed by atoms with Crippen molar-refractivity contribution in [3.8, 4) is 11.8 Å². The van der Waals surface area contributed by atoms with Gasteiger partial charge in [0.25, 0.3) is 0 Å². The summed E-state index contributed by atoms with van der Waals surface area (Å²) in [6, 6.07) is 10.3. The van der Waals surface area contributed by atoms with Crippen molar-refractivity contribution < 1.29 is 4.74 Å². The molecule has 0 atom stereocenters. The Balaban J connectivity index is 2.60. The third-order valence-electron chi connectivity index (χ3n) is 1.24. The summed E-state index contributed by atoms with van der Waals surface area (Å²) in [5.41, 5.74) is 1.06. The highest BCUT2D eigenvalue weighted by Gasteiger charge is 1.90. The molecule has 2 nitrogen and oxygen atoms in total. The molecule has 1 rings (SSSR count). The lowest BCUT2D eigenvalue weighted by Gasteiger charge is -1.99. The molecule has 0 aliphatic rings. The van der Waals surface area contributed by atoms with Gasteiger partial charge in [-0.1, -0.05) is 6.07 Å². The number of hydrogen-bond acceptors (Lipinski definition) is 2. The van der Waals surface area contributed by atoms with Crippen LogP contribution in [0.4, 0.5) is 0 Å². The number of hydrogen-bond donors (Lipinski definition) is 0. The van der Waals surface area contributed by atoms with Gasteiger partial charge in [-0.2, -0.15) is 5.26 Å². The van der Waals surface area contributed by atoms with Gasteiger partial charge in [0, 0.05) is 0 Å². The Morgan fingerprint density at radius 3 is 3.00 bits per heavy atom. The van der Waals surface area contributed by atoms with Crippen LogP contribution in [-0.4, -0.2) is 6.61 Å². The Hall–Kier alpha value is -1.49. The Bertz CT molecular complexity index is 258. The molecule has 55 valence electrons. The maximum absolute atomic E-state index is 8.20. The van der Waals surface area contributed by atoms with E-state index in [1.165, 1.54) is 0 Å². The average molecular weight is 146 g/mol. The normalized spacial score (nSPS) is 8.73. The molecule has 0 heterocycles. The molecule has 1 aromatic carbocycles. The fourth-order valence-corrected chi connectivity index (χ4v) is 0.694. The first kappa shape index (κ1) is 7.62. The molecule has 2 heteroatoms. The summed E-state index contributed by atoms with van der Waals surface area (Å²) in [5, 5.41) is 8.20. The summed E-state index contributed by atoms with van der Waals surface area (Å²) < 4.78 is 5.02. The van der Waals surface area contributed by atoms with E-state index in [1.807, 2.05) is 25.1 Å². The number of nitrogens with zero attached hydrogens (tertiary/aromatic N) is 1. The first-order valence-corrected chi connectivity index (χ1v) is 3.31. The summed E-state index contributed by atoms with van der Waals surface area (Å²) in [7, 11) is 0. The molecule has 0 spiro atoms. The summed E-state index contributed by atoms with van der Waals surface area (Å²) >= 11 is 0. The van der Waals surface area contributed by atoms with Gasteiger partial charge >= 0.3 is 0 Å². The molecule has 0 fully saturated rings. The highest BCUT2D eigenvalue weighted by molar-refractivity contribution is 5.25. The van der Waals surface area contributed by atoms with Crippen LogP contribution >= 0.6 is 0 Å². The minimum absolute atomic E-state index is 0.0941. The second-order valence-electron chi connectivity index (χ2n) is 2.15. The van der Waals surface area contributed by atoms with Gasteiger partial charge in [-0.25, -0.2) is 0 Å². The summed E-state index contributed by atoms with van der Waals surface area (Å²) in [6.45, 7) is 2.05. The predicted octanol–water partition coefficient (Wildman–Crippen LogP) is 1.70. The van der Waals surface area contributed by atoms with E-state index in [4.69, 9.17) is 10.00 Å². The predicted molar refractivity (Wildman–Crippen MR) is 41.1 cm³/mol. The molecule has 0 N–H and O–H groups in total. The topological polar surface area (TPSA) is 33.0 Å². The van der Waals surface area contributed by atoms with Crippen molar-refractivity contribution in [1.82, 2.24) is 0 Å². The van der Waals surface area contributed by atoms with Crippen LogP contribution in [0.2, 0.25) is 0 Å². The zero-order chi connectivity index (χ0) is 8.10. The molecular weight excluding hydrogens is 138 g/mol. The number of benzene rings is 1. The van der Waals surface area contributed by atoms with Gasteiger partial charge in [0.1, 0.15) is 11.8 Å². The summed E-state index contributed by atoms with van der Waals surface area (Å²) in [4.78, 5) is 0. The van der Waals surface area contributed by atoms with Gasteiger partial charge in [0.15, 0.2) is 6.61 Å². The largest absolute Gasteiger partial charge is 0.479 e.